The molecular weight excluding hydrogens is 378 g/mol. The van der Waals surface area contributed by atoms with E-state index in [4.69, 9.17) is 10.00 Å². The van der Waals surface area contributed by atoms with E-state index in [2.05, 4.69) is 37.6 Å². The Labute approximate surface area is 174 Å². The normalized spacial score (nSPS) is 14.1. The number of rotatable bonds is 6. The Morgan fingerprint density at radius 2 is 1.93 bits per heavy atom. The van der Waals surface area contributed by atoms with E-state index < -0.39 is 0 Å². The number of nitrogens with zero attached hydrogens (tertiary/aromatic N) is 5. The van der Waals surface area contributed by atoms with Crippen molar-refractivity contribution in [1.29, 1.82) is 10.5 Å². The number of ether oxygens (including phenoxy) is 1. The van der Waals surface area contributed by atoms with E-state index in [1.807, 2.05) is 12.1 Å². The van der Waals surface area contributed by atoms with Gasteiger partial charge in [-0.15, -0.1) is 0 Å². The largest absolute Gasteiger partial charge is 0.379 e. The van der Waals surface area contributed by atoms with Crippen LogP contribution in [0.3, 0.4) is 0 Å². The van der Waals surface area contributed by atoms with E-state index in [9.17, 15) is 5.26 Å². The van der Waals surface area contributed by atoms with Crippen LogP contribution in [0.25, 0.3) is 10.9 Å². The lowest BCUT2D eigenvalue weighted by molar-refractivity contribution is 0.0398. The first kappa shape index (κ1) is 19.6. The average molecular weight is 399 g/mol. The Kier molecular flexibility index (Phi) is 6.00. The Morgan fingerprint density at radius 3 is 2.73 bits per heavy atom. The molecule has 3 heterocycles. The summed E-state index contributed by atoms with van der Waals surface area (Å²) in [5.74, 6) is 0.724. The maximum Gasteiger partial charge on any atom is 0.126 e. The quantitative estimate of drug-likeness (QED) is 0.651. The Morgan fingerprint density at radius 1 is 1.07 bits per heavy atom. The van der Waals surface area contributed by atoms with Crippen LogP contribution in [-0.2, 0) is 4.74 Å². The number of nitrogens with one attached hydrogen (secondary N) is 2. The van der Waals surface area contributed by atoms with Crippen LogP contribution in [0.1, 0.15) is 11.1 Å². The van der Waals surface area contributed by atoms with Gasteiger partial charge in [0.2, 0.25) is 0 Å². The first-order valence-corrected chi connectivity index (χ1v) is 9.77. The van der Waals surface area contributed by atoms with Gasteiger partial charge in [-0.25, -0.2) is 4.98 Å². The predicted molar refractivity (Wildman–Crippen MR) is 114 cm³/mol. The van der Waals surface area contributed by atoms with Gasteiger partial charge in [-0.2, -0.15) is 10.5 Å². The molecule has 0 amide bonds. The highest BCUT2D eigenvalue weighted by atomic mass is 16.5. The van der Waals surface area contributed by atoms with E-state index in [0.29, 0.717) is 22.3 Å². The Hall–Kier alpha value is -3.72. The van der Waals surface area contributed by atoms with Crippen LogP contribution in [0.5, 0.6) is 0 Å². The number of aromatic nitrogens is 2. The number of pyridine rings is 2. The summed E-state index contributed by atoms with van der Waals surface area (Å²) < 4.78 is 5.38. The van der Waals surface area contributed by atoms with Crippen LogP contribution in [0.2, 0.25) is 0 Å². The second-order valence-corrected chi connectivity index (χ2v) is 6.94. The van der Waals surface area contributed by atoms with E-state index >= 15 is 0 Å². The molecule has 0 bridgehead atoms. The predicted octanol–water partition coefficient (Wildman–Crippen LogP) is 2.86. The van der Waals surface area contributed by atoms with Crippen molar-refractivity contribution in [2.24, 2.45) is 0 Å². The van der Waals surface area contributed by atoms with Gasteiger partial charge in [-0.1, -0.05) is 6.07 Å². The fourth-order valence-corrected chi connectivity index (χ4v) is 3.39. The van der Waals surface area contributed by atoms with E-state index in [0.717, 1.165) is 56.3 Å². The van der Waals surface area contributed by atoms with Gasteiger partial charge in [0.05, 0.1) is 47.8 Å². The number of nitriles is 2. The molecule has 1 aromatic carbocycles. The maximum absolute atomic E-state index is 9.58. The summed E-state index contributed by atoms with van der Waals surface area (Å²) in [7, 11) is 0. The van der Waals surface area contributed by atoms with E-state index in [-0.39, 0.29) is 0 Å². The molecule has 1 fully saturated rings. The number of hydrogen-bond donors (Lipinski definition) is 2. The van der Waals surface area contributed by atoms with Gasteiger partial charge in [0.15, 0.2) is 0 Å². The highest BCUT2D eigenvalue weighted by Crippen LogP contribution is 2.30. The Balaban J connectivity index is 1.58. The molecule has 2 aromatic heterocycles. The highest BCUT2D eigenvalue weighted by Gasteiger charge is 2.12. The zero-order chi connectivity index (χ0) is 20.8. The zero-order valence-electron chi connectivity index (χ0n) is 16.4. The molecular formula is C22H21N7O. The van der Waals surface area contributed by atoms with Gasteiger partial charge >= 0.3 is 0 Å². The standard InChI is InChI=1S/C22H21N7O/c23-12-16-2-1-3-18(10-16)28-22-17(13-24)14-26-20-15-27-21(11-19(20)22)25-4-5-29-6-8-30-9-7-29/h1-3,10-11,14-15H,4-9H2,(H,25,27)(H,26,28). The Bertz CT molecular complexity index is 1130. The van der Waals surface area contributed by atoms with Gasteiger partial charge in [-0.3, -0.25) is 9.88 Å². The SMILES string of the molecule is N#Cc1cccc(Nc2c(C#N)cnc3cnc(NCCN4CCOCC4)cc23)c1. The molecule has 1 aliphatic rings. The van der Waals surface area contributed by atoms with Crippen molar-refractivity contribution in [2.75, 3.05) is 50.0 Å². The summed E-state index contributed by atoms with van der Waals surface area (Å²) in [6.07, 6.45) is 3.23. The number of benzene rings is 1. The molecule has 0 unspecified atom stereocenters. The van der Waals surface area contributed by atoms with Crippen molar-refractivity contribution >= 4 is 28.1 Å². The van der Waals surface area contributed by atoms with Gasteiger partial charge in [-0.05, 0) is 24.3 Å². The van der Waals surface area contributed by atoms with Crippen molar-refractivity contribution in [2.45, 2.75) is 0 Å². The number of hydrogen-bond acceptors (Lipinski definition) is 8. The third-order valence-corrected chi connectivity index (χ3v) is 4.97. The summed E-state index contributed by atoms with van der Waals surface area (Å²) in [5.41, 5.74) is 3.04. The number of morpholine rings is 1. The van der Waals surface area contributed by atoms with Crippen LogP contribution in [0.15, 0.2) is 42.7 Å². The summed E-state index contributed by atoms with van der Waals surface area (Å²) in [5, 5.41) is 26.2. The second kappa shape index (κ2) is 9.19. The summed E-state index contributed by atoms with van der Waals surface area (Å²) in [4.78, 5) is 11.2. The molecule has 3 aromatic rings. The van der Waals surface area contributed by atoms with Crippen LogP contribution in [-0.4, -0.2) is 54.3 Å². The van der Waals surface area contributed by atoms with Crippen molar-refractivity contribution in [3.63, 3.8) is 0 Å². The highest BCUT2D eigenvalue weighted by molar-refractivity contribution is 5.96. The summed E-state index contributed by atoms with van der Waals surface area (Å²) in [6.45, 7) is 5.11. The molecule has 4 rings (SSSR count). The van der Waals surface area contributed by atoms with Crippen molar-refractivity contribution in [3.8, 4) is 12.1 Å². The fourth-order valence-electron chi connectivity index (χ4n) is 3.39. The lowest BCUT2D eigenvalue weighted by Gasteiger charge is -2.26. The molecule has 8 nitrogen and oxygen atoms in total. The molecule has 150 valence electrons. The average Bonchev–Trinajstić information content (AvgIpc) is 2.80. The molecule has 0 radical (unpaired) electrons. The molecule has 0 spiro atoms. The number of anilines is 3. The minimum atomic E-state index is 0.426. The van der Waals surface area contributed by atoms with Crippen LogP contribution in [0.4, 0.5) is 17.2 Å². The van der Waals surface area contributed by atoms with Gasteiger partial charge in [0.1, 0.15) is 11.9 Å². The molecule has 0 aliphatic carbocycles. The van der Waals surface area contributed by atoms with Gasteiger partial charge < -0.3 is 15.4 Å². The van der Waals surface area contributed by atoms with Crippen molar-refractivity contribution in [3.05, 3.63) is 53.9 Å². The molecule has 0 saturated carbocycles. The lowest BCUT2D eigenvalue weighted by atomic mass is 10.1. The molecule has 1 saturated heterocycles. The van der Waals surface area contributed by atoms with Crippen molar-refractivity contribution < 1.29 is 4.74 Å². The first-order valence-electron chi connectivity index (χ1n) is 9.77. The van der Waals surface area contributed by atoms with Gasteiger partial charge in [0.25, 0.3) is 0 Å². The van der Waals surface area contributed by atoms with Crippen molar-refractivity contribution in [1.82, 2.24) is 14.9 Å². The fraction of sp³-hybridized carbons (Fsp3) is 0.273. The summed E-state index contributed by atoms with van der Waals surface area (Å²) >= 11 is 0. The minimum absolute atomic E-state index is 0.426. The van der Waals surface area contributed by atoms with Crippen LogP contribution < -0.4 is 10.6 Å². The van der Waals surface area contributed by atoms with E-state index in [1.165, 1.54) is 6.20 Å². The monoisotopic (exact) mass is 399 g/mol. The van der Waals surface area contributed by atoms with Gasteiger partial charge in [0, 0.05) is 43.4 Å². The molecule has 2 N–H and O–H groups in total. The summed E-state index contributed by atoms with van der Waals surface area (Å²) in [6, 6.07) is 13.4. The molecule has 8 heteroatoms. The second-order valence-electron chi connectivity index (χ2n) is 6.94. The van der Waals surface area contributed by atoms with Crippen LogP contribution in [0, 0.1) is 22.7 Å². The zero-order valence-corrected chi connectivity index (χ0v) is 16.4. The smallest absolute Gasteiger partial charge is 0.126 e. The molecule has 0 atom stereocenters. The van der Waals surface area contributed by atoms with E-state index in [1.54, 1.807) is 24.4 Å². The first-order chi connectivity index (χ1) is 14.8. The molecule has 30 heavy (non-hydrogen) atoms. The number of fused-ring (bicyclic) bond motifs is 1. The minimum Gasteiger partial charge on any atom is -0.379 e. The topological polar surface area (TPSA) is 110 Å². The lowest BCUT2D eigenvalue weighted by Crippen LogP contribution is -2.39. The van der Waals surface area contributed by atoms with Crippen LogP contribution >= 0.6 is 0 Å². The maximum atomic E-state index is 9.58. The molecule has 1 aliphatic heterocycles. The third-order valence-electron chi connectivity index (χ3n) is 4.97. The third kappa shape index (κ3) is 4.47.